The van der Waals surface area contributed by atoms with E-state index in [1.54, 1.807) is 10.9 Å². The van der Waals surface area contributed by atoms with Gasteiger partial charge in [-0.1, -0.05) is 12.1 Å². The van der Waals surface area contributed by atoms with Crippen LogP contribution in [0.15, 0.2) is 53.3 Å². The number of anilines is 2. The minimum absolute atomic E-state index is 0.109. The normalized spacial score (nSPS) is 10.7. The Kier molecular flexibility index (Phi) is 5.17. The van der Waals surface area contributed by atoms with E-state index in [2.05, 4.69) is 26.3 Å². The lowest BCUT2D eigenvalue weighted by molar-refractivity contribution is -0.384. The number of halogens is 2. The highest BCUT2D eigenvalue weighted by Gasteiger charge is 2.21. The monoisotopic (exact) mass is 419 g/mol. The first kappa shape index (κ1) is 17.9. The molecule has 3 rings (SSSR count). The van der Waals surface area contributed by atoms with Crippen molar-refractivity contribution < 1.29 is 9.31 Å². The summed E-state index contributed by atoms with van der Waals surface area (Å²) in [5, 5.41) is 18.0. The number of nitrogens with two attached hydrogens (primary N) is 1. The van der Waals surface area contributed by atoms with Crippen molar-refractivity contribution in [3.8, 4) is 5.69 Å². The maximum atomic E-state index is 14.1. The maximum Gasteiger partial charge on any atom is 0.296 e. The van der Waals surface area contributed by atoms with E-state index >= 15 is 0 Å². The Morgan fingerprint density at radius 1 is 1.35 bits per heavy atom. The average molecular weight is 420 g/mol. The quantitative estimate of drug-likeness (QED) is 0.358. The van der Waals surface area contributed by atoms with Crippen LogP contribution in [0.5, 0.6) is 0 Å². The summed E-state index contributed by atoms with van der Waals surface area (Å²) in [5.74, 6) is -0.730. The number of aromatic nitrogens is 2. The third-order valence-electron chi connectivity index (χ3n) is 3.85. The molecule has 26 heavy (non-hydrogen) atoms. The van der Waals surface area contributed by atoms with Crippen LogP contribution in [-0.2, 0) is 6.42 Å². The van der Waals surface area contributed by atoms with E-state index in [-0.39, 0.29) is 15.8 Å². The lowest BCUT2D eigenvalue weighted by atomic mass is 10.1. The third kappa shape index (κ3) is 3.67. The zero-order valence-corrected chi connectivity index (χ0v) is 15.1. The lowest BCUT2D eigenvalue weighted by Crippen LogP contribution is -2.09. The molecule has 0 saturated heterocycles. The molecule has 134 valence electrons. The highest BCUT2D eigenvalue weighted by atomic mass is 79.9. The van der Waals surface area contributed by atoms with Crippen molar-refractivity contribution >= 4 is 33.0 Å². The van der Waals surface area contributed by atoms with Crippen molar-refractivity contribution in [3.05, 3.63) is 74.8 Å². The largest absolute Gasteiger partial charge is 0.392 e. The first-order valence-corrected chi connectivity index (χ1v) is 8.51. The Labute approximate surface area is 156 Å². The number of nitrogen functional groups attached to an aromatic ring is 1. The molecule has 0 bridgehead atoms. The molecule has 7 nitrogen and oxygen atoms in total. The van der Waals surface area contributed by atoms with Crippen LogP contribution >= 0.6 is 15.9 Å². The molecular weight excluding hydrogens is 405 g/mol. The second kappa shape index (κ2) is 7.52. The van der Waals surface area contributed by atoms with E-state index < -0.39 is 16.4 Å². The predicted octanol–water partition coefficient (Wildman–Crippen LogP) is 3.92. The van der Waals surface area contributed by atoms with E-state index in [0.29, 0.717) is 13.0 Å². The molecule has 0 fully saturated rings. The van der Waals surface area contributed by atoms with Crippen molar-refractivity contribution in [2.75, 3.05) is 17.6 Å². The van der Waals surface area contributed by atoms with Gasteiger partial charge in [0.1, 0.15) is 5.69 Å². The van der Waals surface area contributed by atoms with Crippen LogP contribution in [0, 0.1) is 15.9 Å². The van der Waals surface area contributed by atoms with E-state index in [1.807, 2.05) is 36.5 Å². The van der Waals surface area contributed by atoms with Gasteiger partial charge in [0, 0.05) is 18.9 Å². The topological polar surface area (TPSA) is 99.0 Å². The molecule has 0 amide bonds. The van der Waals surface area contributed by atoms with Gasteiger partial charge in [-0.25, -0.2) is 9.07 Å². The van der Waals surface area contributed by atoms with Gasteiger partial charge in [0.25, 0.3) is 5.69 Å². The summed E-state index contributed by atoms with van der Waals surface area (Å²) in [5.41, 5.74) is 7.24. The fraction of sp³-hybridized carbons (Fsp3) is 0.118. The van der Waals surface area contributed by atoms with Gasteiger partial charge in [0.15, 0.2) is 5.82 Å². The van der Waals surface area contributed by atoms with Crippen LogP contribution < -0.4 is 11.1 Å². The second-order valence-electron chi connectivity index (χ2n) is 5.53. The van der Waals surface area contributed by atoms with Gasteiger partial charge in [-0.3, -0.25) is 10.1 Å². The fourth-order valence-electron chi connectivity index (χ4n) is 2.50. The minimum atomic E-state index is -0.730. The maximum absolute atomic E-state index is 14.1. The molecule has 0 aliphatic carbocycles. The summed E-state index contributed by atoms with van der Waals surface area (Å²) in [6.45, 7) is 0.438. The molecule has 1 heterocycles. The number of nitro benzene ring substituents is 1. The zero-order chi connectivity index (χ0) is 18.7. The first-order chi connectivity index (χ1) is 12.5. The van der Waals surface area contributed by atoms with Gasteiger partial charge >= 0.3 is 0 Å². The van der Waals surface area contributed by atoms with Gasteiger partial charge in [-0.05, 0) is 46.1 Å². The summed E-state index contributed by atoms with van der Waals surface area (Å²) < 4.78 is 16.0. The predicted molar refractivity (Wildman–Crippen MR) is 101 cm³/mol. The Hall–Kier alpha value is -2.94. The molecule has 3 aromatic rings. The van der Waals surface area contributed by atoms with Crippen LogP contribution in [0.4, 0.5) is 21.5 Å². The van der Waals surface area contributed by atoms with Gasteiger partial charge in [-0.2, -0.15) is 5.10 Å². The van der Waals surface area contributed by atoms with Crippen LogP contribution in [0.1, 0.15) is 5.56 Å². The third-order valence-corrected chi connectivity index (χ3v) is 4.68. The Bertz CT molecular complexity index is 929. The van der Waals surface area contributed by atoms with Crippen molar-refractivity contribution in [1.29, 1.82) is 0 Å². The summed E-state index contributed by atoms with van der Waals surface area (Å²) >= 11 is 3.13. The van der Waals surface area contributed by atoms with Crippen molar-refractivity contribution in [3.63, 3.8) is 0 Å². The minimum Gasteiger partial charge on any atom is -0.392 e. The van der Waals surface area contributed by atoms with Gasteiger partial charge in [-0.15, -0.1) is 0 Å². The zero-order valence-electron chi connectivity index (χ0n) is 13.5. The summed E-state index contributed by atoms with van der Waals surface area (Å²) in [7, 11) is 0. The summed E-state index contributed by atoms with van der Waals surface area (Å²) in [4.78, 5) is 10.1. The van der Waals surface area contributed by atoms with E-state index in [9.17, 15) is 14.5 Å². The smallest absolute Gasteiger partial charge is 0.296 e. The van der Waals surface area contributed by atoms with Crippen molar-refractivity contribution in [2.45, 2.75) is 6.42 Å². The molecule has 9 heteroatoms. The number of nitro groups is 1. The highest BCUT2D eigenvalue weighted by molar-refractivity contribution is 9.10. The molecule has 3 N–H and O–H groups in total. The van der Waals surface area contributed by atoms with Crippen LogP contribution in [0.25, 0.3) is 5.69 Å². The number of nitrogens with one attached hydrogen (secondary N) is 1. The van der Waals surface area contributed by atoms with Crippen LogP contribution in [0.3, 0.4) is 0 Å². The van der Waals surface area contributed by atoms with Gasteiger partial charge in [0.05, 0.1) is 26.8 Å². The number of benzene rings is 2. The van der Waals surface area contributed by atoms with Gasteiger partial charge < -0.3 is 11.1 Å². The molecule has 0 saturated carbocycles. The Morgan fingerprint density at radius 2 is 2.08 bits per heavy atom. The number of nitrogens with zero attached hydrogens (tertiary/aromatic N) is 3. The van der Waals surface area contributed by atoms with Crippen LogP contribution in [-0.4, -0.2) is 21.2 Å². The van der Waals surface area contributed by atoms with E-state index in [4.69, 9.17) is 5.73 Å². The van der Waals surface area contributed by atoms with E-state index in [0.717, 1.165) is 17.3 Å². The summed E-state index contributed by atoms with van der Waals surface area (Å²) in [6, 6.07) is 10.5. The summed E-state index contributed by atoms with van der Waals surface area (Å²) in [6.07, 6.45) is 4.21. The number of hydrogen-bond acceptors (Lipinski definition) is 5. The van der Waals surface area contributed by atoms with Crippen LogP contribution in [0.2, 0.25) is 0 Å². The number of hydrogen-bond donors (Lipinski definition) is 2. The Balaban J connectivity index is 1.67. The molecular formula is C17H15BrFN5O2. The standard InChI is InChI=1S/C17H15BrFN5O2/c18-15-16(20)14(24(25)26)10-13(19)17(15)21-8-6-11-2-4-12(5-3-11)23-9-1-7-22-23/h1-5,7,9-10,21H,6,8,20H2. The molecule has 0 atom stereocenters. The van der Waals surface area contributed by atoms with Crippen molar-refractivity contribution in [2.24, 2.45) is 0 Å². The Morgan fingerprint density at radius 3 is 2.69 bits per heavy atom. The lowest BCUT2D eigenvalue weighted by Gasteiger charge is -2.12. The molecule has 0 aliphatic rings. The second-order valence-corrected chi connectivity index (χ2v) is 6.32. The van der Waals surface area contributed by atoms with Crippen molar-refractivity contribution in [1.82, 2.24) is 9.78 Å². The molecule has 0 radical (unpaired) electrons. The molecule has 0 spiro atoms. The average Bonchev–Trinajstić information content (AvgIpc) is 3.16. The fourth-order valence-corrected chi connectivity index (χ4v) is 3.04. The first-order valence-electron chi connectivity index (χ1n) is 7.72. The molecule has 1 aromatic heterocycles. The molecule has 2 aromatic carbocycles. The van der Waals surface area contributed by atoms with Gasteiger partial charge in [0.2, 0.25) is 0 Å². The highest BCUT2D eigenvalue weighted by Crippen LogP contribution is 2.38. The molecule has 0 aliphatic heterocycles. The molecule has 0 unspecified atom stereocenters. The van der Waals surface area contributed by atoms with E-state index in [1.165, 1.54) is 0 Å². The number of rotatable bonds is 6. The SMILES string of the molecule is Nc1c([N+](=O)[O-])cc(F)c(NCCc2ccc(-n3cccn3)cc2)c1Br.